The molecular weight excluding hydrogens is 186 g/mol. The molecule has 14 heavy (non-hydrogen) atoms. The van der Waals surface area contributed by atoms with Gasteiger partial charge in [0.2, 0.25) is 0 Å². The number of nitrogens with two attached hydrogens (primary N) is 1. The molecule has 0 bridgehead atoms. The standard InChI is InChI=1S/C10H14F2N2/c1-3-6(2)14-9-5-7(11)4-8(12)10(9)13/h4-6,14H,3,13H2,1-2H3. The molecule has 0 radical (unpaired) electrons. The minimum Gasteiger partial charge on any atom is -0.395 e. The van der Waals surface area contributed by atoms with Crippen molar-refractivity contribution in [2.75, 3.05) is 11.1 Å². The number of nitrogens with one attached hydrogen (secondary N) is 1. The van der Waals surface area contributed by atoms with Crippen molar-refractivity contribution in [3.63, 3.8) is 0 Å². The molecule has 1 atom stereocenters. The second-order valence-corrected chi connectivity index (χ2v) is 3.30. The first-order valence-corrected chi connectivity index (χ1v) is 4.55. The summed E-state index contributed by atoms with van der Waals surface area (Å²) in [5.41, 5.74) is 5.73. The summed E-state index contributed by atoms with van der Waals surface area (Å²) >= 11 is 0. The van der Waals surface area contributed by atoms with Crippen LogP contribution in [0.2, 0.25) is 0 Å². The van der Waals surface area contributed by atoms with E-state index in [1.54, 1.807) is 0 Å². The number of hydrogen-bond acceptors (Lipinski definition) is 2. The van der Waals surface area contributed by atoms with Crippen molar-refractivity contribution in [1.29, 1.82) is 0 Å². The highest BCUT2D eigenvalue weighted by atomic mass is 19.1. The van der Waals surface area contributed by atoms with Gasteiger partial charge in [-0.05, 0) is 19.4 Å². The van der Waals surface area contributed by atoms with Gasteiger partial charge in [-0.15, -0.1) is 0 Å². The third-order valence-corrected chi connectivity index (χ3v) is 2.11. The molecule has 0 aliphatic carbocycles. The Morgan fingerprint density at radius 2 is 2.07 bits per heavy atom. The van der Waals surface area contributed by atoms with Crippen molar-refractivity contribution in [3.05, 3.63) is 23.8 Å². The largest absolute Gasteiger partial charge is 0.395 e. The van der Waals surface area contributed by atoms with Gasteiger partial charge in [-0.25, -0.2) is 8.78 Å². The van der Waals surface area contributed by atoms with Gasteiger partial charge in [-0.3, -0.25) is 0 Å². The van der Waals surface area contributed by atoms with Crippen LogP contribution < -0.4 is 11.1 Å². The highest BCUT2D eigenvalue weighted by Crippen LogP contribution is 2.24. The minimum absolute atomic E-state index is 0.0355. The Hall–Kier alpha value is -1.32. The maximum Gasteiger partial charge on any atom is 0.151 e. The smallest absolute Gasteiger partial charge is 0.151 e. The highest BCUT2D eigenvalue weighted by Gasteiger charge is 2.09. The van der Waals surface area contributed by atoms with Crippen molar-refractivity contribution in [2.45, 2.75) is 26.3 Å². The predicted molar refractivity (Wildman–Crippen MR) is 54.1 cm³/mol. The predicted octanol–water partition coefficient (Wildman–Crippen LogP) is 2.76. The minimum atomic E-state index is -0.726. The van der Waals surface area contributed by atoms with E-state index in [0.29, 0.717) is 5.69 Å². The first-order chi connectivity index (χ1) is 6.54. The molecule has 0 aliphatic rings. The maximum absolute atomic E-state index is 13.0. The Morgan fingerprint density at radius 3 is 2.64 bits per heavy atom. The molecule has 0 aliphatic heterocycles. The highest BCUT2D eigenvalue weighted by molar-refractivity contribution is 5.67. The van der Waals surface area contributed by atoms with Crippen molar-refractivity contribution >= 4 is 11.4 Å². The lowest BCUT2D eigenvalue weighted by Gasteiger charge is -2.15. The Bertz CT molecular complexity index is 326. The van der Waals surface area contributed by atoms with Crippen LogP contribution in [-0.4, -0.2) is 6.04 Å². The van der Waals surface area contributed by atoms with Gasteiger partial charge in [-0.1, -0.05) is 6.92 Å². The molecule has 0 saturated heterocycles. The van der Waals surface area contributed by atoms with E-state index < -0.39 is 11.6 Å². The molecule has 3 N–H and O–H groups in total. The number of anilines is 2. The van der Waals surface area contributed by atoms with E-state index in [9.17, 15) is 8.78 Å². The van der Waals surface area contributed by atoms with E-state index in [0.717, 1.165) is 12.5 Å². The van der Waals surface area contributed by atoms with Gasteiger partial charge < -0.3 is 11.1 Å². The van der Waals surface area contributed by atoms with Gasteiger partial charge in [0.1, 0.15) is 5.82 Å². The van der Waals surface area contributed by atoms with E-state index in [2.05, 4.69) is 5.32 Å². The third kappa shape index (κ3) is 2.34. The molecule has 0 fully saturated rings. The molecule has 1 aromatic carbocycles. The molecule has 4 heteroatoms. The van der Waals surface area contributed by atoms with Crippen molar-refractivity contribution in [3.8, 4) is 0 Å². The molecule has 1 unspecified atom stereocenters. The number of hydrogen-bond donors (Lipinski definition) is 2. The van der Waals surface area contributed by atoms with Crippen LogP contribution in [0.3, 0.4) is 0 Å². The van der Waals surface area contributed by atoms with E-state index in [1.165, 1.54) is 6.07 Å². The summed E-state index contributed by atoms with van der Waals surface area (Å²) in [6.45, 7) is 3.89. The lowest BCUT2D eigenvalue weighted by molar-refractivity contribution is 0.586. The molecule has 1 rings (SSSR count). The van der Waals surface area contributed by atoms with Crippen molar-refractivity contribution in [1.82, 2.24) is 0 Å². The van der Waals surface area contributed by atoms with Gasteiger partial charge in [0.25, 0.3) is 0 Å². The third-order valence-electron chi connectivity index (χ3n) is 2.11. The zero-order chi connectivity index (χ0) is 10.7. The Balaban J connectivity index is 2.96. The maximum atomic E-state index is 13.0. The van der Waals surface area contributed by atoms with Gasteiger partial charge >= 0.3 is 0 Å². The Morgan fingerprint density at radius 1 is 1.43 bits per heavy atom. The van der Waals surface area contributed by atoms with Crippen molar-refractivity contribution in [2.24, 2.45) is 0 Å². The van der Waals surface area contributed by atoms with Gasteiger partial charge in [-0.2, -0.15) is 0 Å². The molecule has 1 aromatic rings. The van der Waals surface area contributed by atoms with Gasteiger partial charge in [0.15, 0.2) is 5.82 Å². The zero-order valence-corrected chi connectivity index (χ0v) is 8.27. The van der Waals surface area contributed by atoms with E-state index in [-0.39, 0.29) is 11.7 Å². The van der Waals surface area contributed by atoms with Gasteiger partial charge in [0, 0.05) is 12.1 Å². The second-order valence-electron chi connectivity index (χ2n) is 3.30. The van der Waals surface area contributed by atoms with Crippen LogP contribution in [0, 0.1) is 11.6 Å². The SMILES string of the molecule is CCC(C)Nc1cc(F)cc(F)c1N. The van der Waals surface area contributed by atoms with Crippen LogP contribution in [0.15, 0.2) is 12.1 Å². The summed E-state index contributed by atoms with van der Waals surface area (Å²) in [4.78, 5) is 0. The van der Waals surface area contributed by atoms with Crippen LogP contribution in [0.25, 0.3) is 0 Å². The van der Waals surface area contributed by atoms with Crippen molar-refractivity contribution < 1.29 is 8.78 Å². The van der Waals surface area contributed by atoms with E-state index >= 15 is 0 Å². The average Bonchev–Trinajstić information content (AvgIpc) is 2.13. The summed E-state index contributed by atoms with van der Waals surface area (Å²) in [5.74, 6) is -1.35. The second kappa shape index (κ2) is 4.26. The monoisotopic (exact) mass is 200 g/mol. The molecule has 0 saturated carbocycles. The number of rotatable bonds is 3. The zero-order valence-electron chi connectivity index (χ0n) is 8.27. The molecular formula is C10H14F2N2. The average molecular weight is 200 g/mol. The summed E-state index contributed by atoms with van der Waals surface area (Å²) in [6.07, 6.45) is 0.859. The first-order valence-electron chi connectivity index (χ1n) is 4.55. The summed E-state index contributed by atoms with van der Waals surface area (Å²) in [6, 6.07) is 2.11. The normalized spacial score (nSPS) is 12.6. The van der Waals surface area contributed by atoms with Crippen LogP contribution in [-0.2, 0) is 0 Å². The van der Waals surface area contributed by atoms with Crippen LogP contribution >= 0.6 is 0 Å². The van der Waals surface area contributed by atoms with Crippen LogP contribution in [0.1, 0.15) is 20.3 Å². The Kier molecular flexibility index (Phi) is 3.28. The molecule has 0 spiro atoms. The van der Waals surface area contributed by atoms with Crippen LogP contribution in [0.5, 0.6) is 0 Å². The summed E-state index contributed by atoms with van der Waals surface area (Å²) in [7, 11) is 0. The van der Waals surface area contributed by atoms with E-state index in [1.807, 2.05) is 13.8 Å². The number of nitrogen functional groups attached to an aromatic ring is 1. The molecule has 78 valence electrons. The van der Waals surface area contributed by atoms with Crippen LogP contribution in [0.4, 0.5) is 20.2 Å². The quantitative estimate of drug-likeness (QED) is 0.736. The molecule has 0 amide bonds. The van der Waals surface area contributed by atoms with Gasteiger partial charge in [0.05, 0.1) is 11.4 Å². The topological polar surface area (TPSA) is 38.0 Å². The first kappa shape index (κ1) is 10.8. The van der Waals surface area contributed by atoms with E-state index in [4.69, 9.17) is 5.73 Å². The lowest BCUT2D eigenvalue weighted by atomic mass is 10.2. The molecule has 0 aromatic heterocycles. The number of halogens is 2. The summed E-state index contributed by atoms with van der Waals surface area (Å²) < 4.78 is 25.8. The Labute approximate surface area is 82.1 Å². The lowest BCUT2D eigenvalue weighted by Crippen LogP contribution is -2.15. The summed E-state index contributed by atoms with van der Waals surface area (Å²) in [5, 5.41) is 2.94. The number of benzene rings is 1. The fraction of sp³-hybridized carbons (Fsp3) is 0.400. The fourth-order valence-corrected chi connectivity index (χ4v) is 1.07. The molecule has 2 nitrogen and oxygen atoms in total. The molecule has 0 heterocycles. The fourth-order valence-electron chi connectivity index (χ4n) is 1.07.